The summed E-state index contributed by atoms with van der Waals surface area (Å²) < 4.78 is 0. The summed E-state index contributed by atoms with van der Waals surface area (Å²) in [7, 11) is 0. The molecule has 0 spiro atoms. The monoisotopic (exact) mass is 208 g/mol. The van der Waals surface area contributed by atoms with Crippen molar-refractivity contribution in [1.82, 2.24) is 10.3 Å². The highest BCUT2D eigenvalue weighted by Crippen LogP contribution is 2.06. The first kappa shape index (κ1) is 10.6. The van der Waals surface area contributed by atoms with Crippen LogP contribution in [0.3, 0.4) is 0 Å². The van der Waals surface area contributed by atoms with E-state index in [1.807, 2.05) is 0 Å². The fraction of sp³-hybridized carbons (Fsp3) is 0.200. The first-order chi connectivity index (χ1) is 6.68. The average molecular weight is 209 g/mol. The van der Waals surface area contributed by atoms with E-state index in [-0.39, 0.29) is 5.91 Å². The number of hydrogen-bond donors (Lipinski definition) is 1. The molecule has 0 saturated heterocycles. The molecule has 0 radical (unpaired) electrons. The molecule has 0 aliphatic heterocycles. The van der Waals surface area contributed by atoms with Gasteiger partial charge in [0.1, 0.15) is 5.69 Å². The van der Waals surface area contributed by atoms with Crippen molar-refractivity contribution >= 4 is 17.5 Å². The molecule has 4 heteroatoms. The zero-order valence-corrected chi connectivity index (χ0v) is 8.43. The first-order valence-electron chi connectivity index (χ1n) is 4.03. The lowest BCUT2D eigenvalue weighted by Crippen LogP contribution is -2.19. The number of nitrogens with zero attached hydrogens (tertiary/aromatic N) is 1. The number of amides is 1. The molecule has 0 aromatic carbocycles. The van der Waals surface area contributed by atoms with Gasteiger partial charge >= 0.3 is 0 Å². The van der Waals surface area contributed by atoms with Gasteiger partial charge in [0.05, 0.1) is 6.54 Å². The van der Waals surface area contributed by atoms with Crippen molar-refractivity contribution in [3.8, 4) is 11.8 Å². The van der Waals surface area contributed by atoms with Gasteiger partial charge in [-0.25, -0.2) is 4.98 Å². The Hall–Kier alpha value is -1.53. The lowest BCUT2D eigenvalue weighted by molar-refractivity contribution is -0.118. The maximum Gasteiger partial charge on any atom is 0.217 e. The second kappa shape index (κ2) is 5.25. The van der Waals surface area contributed by atoms with Crippen LogP contribution in [0.4, 0.5) is 0 Å². The van der Waals surface area contributed by atoms with Gasteiger partial charge < -0.3 is 5.32 Å². The van der Waals surface area contributed by atoms with E-state index in [1.165, 1.54) is 6.92 Å². The second-order valence-electron chi connectivity index (χ2n) is 2.57. The van der Waals surface area contributed by atoms with Crippen LogP contribution in [0.15, 0.2) is 18.3 Å². The molecule has 1 heterocycles. The van der Waals surface area contributed by atoms with Crippen molar-refractivity contribution in [2.24, 2.45) is 0 Å². The highest BCUT2D eigenvalue weighted by Gasteiger charge is 1.89. The van der Waals surface area contributed by atoms with Crippen LogP contribution in [0.2, 0.25) is 5.02 Å². The zero-order valence-electron chi connectivity index (χ0n) is 7.67. The number of halogens is 1. The van der Waals surface area contributed by atoms with Crippen LogP contribution in [0.5, 0.6) is 0 Å². The Bertz CT molecular complexity index is 393. The Morgan fingerprint density at radius 1 is 1.71 bits per heavy atom. The topological polar surface area (TPSA) is 42.0 Å². The van der Waals surface area contributed by atoms with Crippen LogP contribution in [0.1, 0.15) is 12.6 Å². The summed E-state index contributed by atoms with van der Waals surface area (Å²) in [5.41, 5.74) is 0.600. The normalized spacial score (nSPS) is 8.71. The van der Waals surface area contributed by atoms with Crippen LogP contribution in [-0.2, 0) is 4.79 Å². The summed E-state index contributed by atoms with van der Waals surface area (Å²) in [6.45, 7) is 1.77. The van der Waals surface area contributed by atoms with Crippen molar-refractivity contribution in [3.63, 3.8) is 0 Å². The van der Waals surface area contributed by atoms with Gasteiger partial charge in [-0.2, -0.15) is 0 Å². The number of carbonyl (C=O) groups excluding carboxylic acids is 1. The van der Waals surface area contributed by atoms with Crippen LogP contribution in [0, 0.1) is 11.8 Å². The fourth-order valence-corrected chi connectivity index (χ4v) is 0.936. The van der Waals surface area contributed by atoms with Gasteiger partial charge in [-0.1, -0.05) is 17.5 Å². The Balaban J connectivity index is 2.55. The van der Waals surface area contributed by atoms with Gasteiger partial charge in [-0.3, -0.25) is 4.79 Å². The number of nitrogens with one attached hydrogen (secondary N) is 1. The number of carbonyl (C=O) groups is 1. The summed E-state index contributed by atoms with van der Waals surface area (Å²) in [6.07, 6.45) is 1.59. The van der Waals surface area contributed by atoms with E-state index in [1.54, 1.807) is 18.3 Å². The largest absolute Gasteiger partial charge is 0.345 e. The smallest absolute Gasteiger partial charge is 0.217 e. The molecule has 0 bridgehead atoms. The molecule has 1 amide bonds. The van der Waals surface area contributed by atoms with E-state index in [0.717, 1.165) is 0 Å². The second-order valence-corrected chi connectivity index (χ2v) is 3.01. The minimum Gasteiger partial charge on any atom is -0.345 e. The quantitative estimate of drug-likeness (QED) is 0.706. The Kier molecular flexibility index (Phi) is 3.96. The Labute approximate surface area is 87.5 Å². The lowest BCUT2D eigenvalue weighted by Gasteiger charge is -1.92. The summed E-state index contributed by atoms with van der Waals surface area (Å²) in [5, 5.41) is 3.16. The number of rotatable bonds is 1. The maximum atomic E-state index is 10.5. The summed E-state index contributed by atoms with van der Waals surface area (Å²) in [6, 6.07) is 3.35. The van der Waals surface area contributed by atoms with Crippen molar-refractivity contribution in [2.45, 2.75) is 6.92 Å². The first-order valence-corrected chi connectivity index (χ1v) is 4.41. The Morgan fingerprint density at radius 3 is 3.14 bits per heavy atom. The molecule has 0 saturated carbocycles. The molecule has 1 rings (SSSR count). The zero-order chi connectivity index (χ0) is 10.4. The third-order valence-electron chi connectivity index (χ3n) is 1.36. The van der Waals surface area contributed by atoms with E-state index < -0.39 is 0 Å². The van der Waals surface area contributed by atoms with E-state index in [9.17, 15) is 4.79 Å². The van der Waals surface area contributed by atoms with Crippen LogP contribution >= 0.6 is 11.6 Å². The SMILES string of the molecule is CC(=O)NCC#Cc1cc(Cl)ccn1. The molecule has 1 aromatic heterocycles. The van der Waals surface area contributed by atoms with Crippen molar-refractivity contribution < 1.29 is 4.79 Å². The third kappa shape index (κ3) is 3.92. The third-order valence-corrected chi connectivity index (χ3v) is 1.60. The Morgan fingerprint density at radius 2 is 2.50 bits per heavy atom. The summed E-state index contributed by atoms with van der Waals surface area (Å²) in [5.74, 6) is 5.44. The molecule has 3 nitrogen and oxygen atoms in total. The molecule has 0 fully saturated rings. The minimum atomic E-state index is -0.0987. The maximum absolute atomic E-state index is 10.5. The van der Waals surface area contributed by atoms with E-state index in [0.29, 0.717) is 17.3 Å². The highest BCUT2D eigenvalue weighted by molar-refractivity contribution is 6.30. The van der Waals surface area contributed by atoms with Gasteiger partial charge in [0, 0.05) is 18.1 Å². The van der Waals surface area contributed by atoms with E-state index >= 15 is 0 Å². The molecule has 72 valence electrons. The number of hydrogen-bond acceptors (Lipinski definition) is 2. The summed E-state index contributed by atoms with van der Waals surface area (Å²) >= 11 is 5.73. The fourth-order valence-electron chi connectivity index (χ4n) is 0.777. The molecule has 0 unspecified atom stereocenters. The molecular weight excluding hydrogens is 200 g/mol. The van der Waals surface area contributed by atoms with Gasteiger partial charge in [-0.15, -0.1) is 0 Å². The van der Waals surface area contributed by atoms with E-state index in [4.69, 9.17) is 11.6 Å². The van der Waals surface area contributed by atoms with Crippen molar-refractivity contribution in [3.05, 3.63) is 29.0 Å². The molecule has 0 aliphatic rings. The van der Waals surface area contributed by atoms with Crippen LogP contribution in [-0.4, -0.2) is 17.4 Å². The molecule has 14 heavy (non-hydrogen) atoms. The predicted molar refractivity (Wildman–Crippen MR) is 54.8 cm³/mol. The van der Waals surface area contributed by atoms with Crippen molar-refractivity contribution in [1.29, 1.82) is 0 Å². The van der Waals surface area contributed by atoms with Gasteiger partial charge in [-0.05, 0) is 18.1 Å². The molecule has 1 N–H and O–H groups in total. The van der Waals surface area contributed by atoms with Crippen LogP contribution < -0.4 is 5.32 Å². The van der Waals surface area contributed by atoms with Gasteiger partial charge in [0.15, 0.2) is 0 Å². The standard InChI is InChI=1S/C10H9ClN2O/c1-8(14)12-5-2-3-10-7-9(11)4-6-13-10/h4,6-7H,5H2,1H3,(H,12,14). The minimum absolute atomic E-state index is 0.0987. The molecular formula is C10H9ClN2O. The van der Waals surface area contributed by atoms with Crippen molar-refractivity contribution in [2.75, 3.05) is 6.54 Å². The molecule has 1 aromatic rings. The highest BCUT2D eigenvalue weighted by atomic mass is 35.5. The number of aromatic nitrogens is 1. The predicted octanol–water partition coefficient (Wildman–Crippen LogP) is 1.22. The lowest BCUT2D eigenvalue weighted by atomic mass is 10.3. The average Bonchev–Trinajstić information content (AvgIpc) is 2.12. The summed E-state index contributed by atoms with van der Waals surface area (Å²) in [4.78, 5) is 14.5. The van der Waals surface area contributed by atoms with Gasteiger partial charge in [0.25, 0.3) is 0 Å². The van der Waals surface area contributed by atoms with Gasteiger partial charge in [0.2, 0.25) is 5.91 Å². The number of pyridine rings is 1. The molecule has 0 atom stereocenters. The van der Waals surface area contributed by atoms with E-state index in [2.05, 4.69) is 22.1 Å². The molecule has 0 aliphatic carbocycles. The van der Waals surface area contributed by atoms with Crippen LogP contribution in [0.25, 0.3) is 0 Å².